The number of phenolic OH excluding ortho intramolecular Hbond substituents is 1. The molecule has 0 radical (unpaired) electrons. The predicted molar refractivity (Wildman–Crippen MR) is 142 cm³/mol. The smallest absolute Gasteiger partial charge is 0.294 e. The van der Waals surface area contributed by atoms with Crippen molar-refractivity contribution in [3.05, 3.63) is 95.9 Å². The summed E-state index contributed by atoms with van der Waals surface area (Å²) >= 11 is 0. The van der Waals surface area contributed by atoms with Crippen LogP contribution in [0.1, 0.15) is 0 Å². The molecule has 0 saturated carbocycles. The zero-order chi connectivity index (χ0) is 30.3. The molecule has 4 aromatic rings. The molecule has 0 aliphatic carbocycles. The summed E-state index contributed by atoms with van der Waals surface area (Å²) in [5, 5.41) is 27.3. The molecule has 41 heavy (non-hydrogen) atoms. The Bertz CT molecular complexity index is 2200. The highest BCUT2D eigenvalue weighted by Crippen LogP contribution is 2.36. The Kier molecular flexibility index (Phi) is 7.29. The maximum absolute atomic E-state index is 12.9. The molecular formula is C22H16N6O11S2. The molecule has 4 rings (SSSR count). The highest BCUT2D eigenvalue weighted by Gasteiger charge is 2.20. The van der Waals surface area contributed by atoms with Gasteiger partial charge in [0.05, 0.1) is 26.1 Å². The topological polar surface area (TPSA) is 281 Å². The van der Waals surface area contributed by atoms with Crippen LogP contribution in [0.15, 0.2) is 84.2 Å². The molecule has 7 N–H and O–H groups in total. The lowest BCUT2D eigenvalue weighted by atomic mass is 10.1. The van der Waals surface area contributed by atoms with Crippen molar-refractivity contribution in [1.29, 1.82) is 0 Å². The summed E-state index contributed by atoms with van der Waals surface area (Å²) in [5.74, 6) is -0.741. The predicted octanol–water partition coefficient (Wildman–Crippen LogP) is -0.0192. The number of nitrogens with zero attached hydrogens (tertiary/aromatic N) is 3. The van der Waals surface area contributed by atoms with Crippen molar-refractivity contribution in [3.63, 3.8) is 0 Å². The van der Waals surface area contributed by atoms with Gasteiger partial charge in [-0.15, -0.1) is 0 Å². The number of aromatic hydroxyl groups is 1. The van der Waals surface area contributed by atoms with E-state index in [2.05, 4.69) is 21.1 Å². The Morgan fingerprint density at radius 1 is 0.854 bits per heavy atom. The average molecular weight is 605 g/mol. The van der Waals surface area contributed by atoms with Crippen LogP contribution in [0.4, 0.5) is 22.7 Å². The van der Waals surface area contributed by atoms with Crippen LogP contribution in [-0.4, -0.2) is 36.0 Å². The molecule has 0 saturated heterocycles. The van der Waals surface area contributed by atoms with Crippen LogP contribution in [0.5, 0.6) is 5.75 Å². The van der Waals surface area contributed by atoms with Gasteiger partial charge in [0.15, 0.2) is 5.36 Å². The molecule has 4 aromatic carbocycles. The molecule has 212 valence electrons. The highest BCUT2D eigenvalue weighted by molar-refractivity contribution is 7.86. The Labute approximate surface area is 227 Å². The summed E-state index contributed by atoms with van der Waals surface area (Å²) in [6, 6.07) is 8.56. The average Bonchev–Trinajstić information content (AvgIpc) is 2.86. The number of benzene rings is 4. The van der Waals surface area contributed by atoms with E-state index in [4.69, 9.17) is 5.73 Å². The van der Waals surface area contributed by atoms with Crippen LogP contribution in [0.2, 0.25) is 0 Å². The summed E-state index contributed by atoms with van der Waals surface area (Å²) in [4.78, 5) is 33.8. The summed E-state index contributed by atoms with van der Waals surface area (Å²) in [6.45, 7) is 0. The van der Waals surface area contributed by atoms with Gasteiger partial charge in [-0.05, 0) is 47.9 Å². The molecule has 0 aliphatic rings. The van der Waals surface area contributed by atoms with Crippen LogP contribution >= 0.6 is 0 Å². The zero-order valence-corrected chi connectivity index (χ0v) is 21.7. The van der Waals surface area contributed by atoms with Crippen molar-refractivity contribution in [2.45, 2.75) is 9.79 Å². The third kappa shape index (κ3) is 6.01. The Balaban J connectivity index is 1.82. The van der Waals surface area contributed by atoms with Crippen LogP contribution in [0, 0.1) is 10.1 Å². The molecule has 17 nitrogen and oxygen atoms in total. The van der Waals surface area contributed by atoms with E-state index in [9.17, 15) is 50.8 Å². The minimum absolute atomic E-state index is 0.112. The van der Waals surface area contributed by atoms with E-state index in [1.807, 2.05) is 0 Å². The first-order valence-corrected chi connectivity index (χ1v) is 13.7. The fourth-order valence-corrected chi connectivity index (χ4v) is 4.67. The standard InChI is InChI=1S/C22H16N6O11S2/c23-14-7-11(1-3-17(14)28(32)33)24-27-21-18(29)4-2-15(22(21)31)25-26-16-8-12(40(34,35)36)5-10-6-13(41(37,38)39)9-19(30)20(10)16/h1-9,24,26,30H,23H2,(H,34,35,36)(H,37,38,39)/b25-15+,27-21+. The first-order chi connectivity index (χ1) is 19.1. The van der Waals surface area contributed by atoms with Gasteiger partial charge >= 0.3 is 0 Å². The second-order valence-electron chi connectivity index (χ2n) is 8.20. The van der Waals surface area contributed by atoms with Gasteiger partial charge in [0, 0.05) is 17.5 Å². The fraction of sp³-hybridized carbons (Fsp3) is 0. The van der Waals surface area contributed by atoms with Crippen molar-refractivity contribution in [2.24, 2.45) is 10.2 Å². The summed E-state index contributed by atoms with van der Waals surface area (Å²) < 4.78 is 65.5. The second-order valence-corrected chi connectivity index (χ2v) is 11.0. The number of hydrogen-bond donors (Lipinski definition) is 6. The number of nitrogen functional groups attached to an aromatic ring is 1. The molecule has 0 atom stereocenters. The van der Waals surface area contributed by atoms with E-state index in [1.54, 1.807) is 0 Å². The monoisotopic (exact) mass is 604 g/mol. The van der Waals surface area contributed by atoms with Crippen molar-refractivity contribution >= 4 is 53.8 Å². The van der Waals surface area contributed by atoms with Gasteiger partial charge in [-0.25, -0.2) is 0 Å². The fourth-order valence-electron chi connectivity index (χ4n) is 3.59. The van der Waals surface area contributed by atoms with Crippen LogP contribution < -0.4 is 38.2 Å². The number of rotatable bonds is 7. The van der Waals surface area contributed by atoms with Crippen molar-refractivity contribution in [1.82, 2.24) is 0 Å². The van der Waals surface area contributed by atoms with Gasteiger partial charge in [-0.1, -0.05) is 0 Å². The molecule has 0 amide bonds. The molecule has 0 heterocycles. The molecule has 0 unspecified atom stereocenters. The molecule has 0 fully saturated rings. The number of nitrogens with two attached hydrogens (primary N) is 1. The maximum atomic E-state index is 12.9. The zero-order valence-electron chi connectivity index (χ0n) is 20.0. The molecule has 0 aliphatic heterocycles. The quantitative estimate of drug-likeness (QED) is 0.0700. The Morgan fingerprint density at radius 3 is 2.07 bits per heavy atom. The van der Waals surface area contributed by atoms with Crippen LogP contribution in [-0.2, 0) is 20.2 Å². The largest absolute Gasteiger partial charge is 0.507 e. The van der Waals surface area contributed by atoms with Crippen LogP contribution in [0.3, 0.4) is 0 Å². The van der Waals surface area contributed by atoms with E-state index in [0.29, 0.717) is 6.07 Å². The SMILES string of the molecule is Nc1cc(N/N=c2\c(=O)cc/c(=N\Nc3cc(S(=O)(=O)O)cc4cc(S(=O)(=O)O)cc(O)c34)c2=O)ccc1[N+](=O)[O-]. The first-order valence-electron chi connectivity index (χ1n) is 10.8. The molecule has 0 spiro atoms. The van der Waals surface area contributed by atoms with E-state index < -0.39 is 62.3 Å². The lowest BCUT2D eigenvalue weighted by Crippen LogP contribution is -2.47. The van der Waals surface area contributed by atoms with Crippen molar-refractivity contribution < 1.29 is 36.0 Å². The Morgan fingerprint density at radius 2 is 1.49 bits per heavy atom. The minimum atomic E-state index is -4.87. The van der Waals surface area contributed by atoms with E-state index in [-0.39, 0.29) is 33.5 Å². The van der Waals surface area contributed by atoms with Gasteiger partial charge in [0.2, 0.25) is 10.9 Å². The number of anilines is 3. The van der Waals surface area contributed by atoms with Gasteiger partial charge in [-0.3, -0.25) is 39.7 Å². The van der Waals surface area contributed by atoms with Gasteiger partial charge in [0.25, 0.3) is 25.9 Å². The summed E-state index contributed by atoms with van der Waals surface area (Å²) in [6.07, 6.45) is 0. The number of phenols is 1. The molecule has 0 aromatic heterocycles. The van der Waals surface area contributed by atoms with Gasteiger partial charge in [-0.2, -0.15) is 27.0 Å². The molecule has 19 heteroatoms. The van der Waals surface area contributed by atoms with Crippen molar-refractivity contribution in [3.8, 4) is 5.75 Å². The molecule has 0 bridgehead atoms. The first kappa shape index (κ1) is 28.8. The number of nitro groups is 1. The van der Waals surface area contributed by atoms with E-state index in [1.165, 1.54) is 6.07 Å². The van der Waals surface area contributed by atoms with E-state index in [0.717, 1.165) is 42.5 Å². The number of fused-ring (bicyclic) bond motifs is 1. The highest BCUT2D eigenvalue weighted by atomic mass is 32.2. The summed E-state index contributed by atoms with van der Waals surface area (Å²) in [7, 11) is -9.70. The second kappa shape index (κ2) is 10.4. The van der Waals surface area contributed by atoms with Gasteiger partial charge < -0.3 is 10.8 Å². The van der Waals surface area contributed by atoms with Gasteiger partial charge in [0.1, 0.15) is 16.8 Å². The number of nitro benzene ring substituents is 1. The third-order valence-corrected chi connectivity index (χ3v) is 7.13. The Hall–Kier alpha value is -5.24. The van der Waals surface area contributed by atoms with Crippen molar-refractivity contribution in [2.75, 3.05) is 16.6 Å². The molecular weight excluding hydrogens is 588 g/mol. The van der Waals surface area contributed by atoms with Crippen LogP contribution in [0.25, 0.3) is 10.8 Å². The van der Waals surface area contributed by atoms with E-state index >= 15 is 0 Å². The third-order valence-electron chi connectivity index (χ3n) is 5.46. The normalized spacial score (nSPS) is 12.9. The number of hydrogen-bond acceptors (Lipinski definition) is 14. The minimum Gasteiger partial charge on any atom is -0.507 e. The number of nitrogens with one attached hydrogen (secondary N) is 2. The maximum Gasteiger partial charge on any atom is 0.294 e. The lowest BCUT2D eigenvalue weighted by molar-refractivity contribution is -0.383. The lowest BCUT2D eigenvalue weighted by Gasteiger charge is -2.11. The summed E-state index contributed by atoms with van der Waals surface area (Å²) in [5.41, 5.74) is 7.69.